The number of imidazole rings is 1. The lowest BCUT2D eigenvalue weighted by Gasteiger charge is -2.02. The number of nitrogens with zero attached hydrogens (tertiary/aromatic N) is 4. The monoisotopic (exact) mass is 224 g/mol. The average Bonchev–Trinajstić information content (AvgIpc) is 2.83. The molecule has 17 heavy (non-hydrogen) atoms. The number of pyridine rings is 2. The van der Waals surface area contributed by atoms with Crippen LogP contribution in [0.1, 0.15) is 10.4 Å². The van der Waals surface area contributed by atoms with Crippen LogP contribution in [0.4, 0.5) is 0 Å². The summed E-state index contributed by atoms with van der Waals surface area (Å²) in [5.74, 6) is 0.714. The van der Waals surface area contributed by atoms with Gasteiger partial charge in [0.2, 0.25) is 0 Å². The van der Waals surface area contributed by atoms with E-state index in [0.29, 0.717) is 11.4 Å². The molecule has 0 fully saturated rings. The Hall–Kier alpha value is -2.56. The van der Waals surface area contributed by atoms with Crippen molar-refractivity contribution in [2.75, 3.05) is 0 Å². The number of carbonyl (C=O) groups excluding carboxylic acids is 1. The molecule has 0 aromatic carbocycles. The molecular weight excluding hydrogens is 216 g/mol. The second-order valence-electron chi connectivity index (χ2n) is 3.55. The smallest absolute Gasteiger partial charge is 0.151 e. The molecule has 0 saturated carbocycles. The predicted molar refractivity (Wildman–Crippen MR) is 62.0 cm³/mol. The molecule has 0 atom stereocenters. The Labute approximate surface area is 96.8 Å². The first-order valence-electron chi connectivity index (χ1n) is 5.07. The van der Waals surface area contributed by atoms with Crippen molar-refractivity contribution in [3.63, 3.8) is 0 Å². The lowest BCUT2D eigenvalue weighted by molar-refractivity contribution is 0.112. The molecule has 0 bridgehead atoms. The summed E-state index contributed by atoms with van der Waals surface area (Å²) < 4.78 is 1.83. The third kappa shape index (κ3) is 1.57. The van der Waals surface area contributed by atoms with Crippen LogP contribution < -0.4 is 0 Å². The maximum Gasteiger partial charge on any atom is 0.151 e. The summed E-state index contributed by atoms with van der Waals surface area (Å²) >= 11 is 0. The Kier molecular flexibility index (Phi) is 2.15. The van der Waals surface area contributed by atoms with Gasteiger partial charge in [-0.1, -0.05) is 0 Å². The van der Waals surface area contributed by atoms with Crippen LogP contribution in [-0.4, -0.2) is 25.8 Å². The number of hydrogen-bond acceptors (Lipinski definition) is 4. The minimum Gasteiger partial charge on any atom is -0.298 e. The van der Waals surface area contributed by atoms with Crippen molar-refractivity contribution in [3.05, 3.63) is 48.7 Å². The minimum atomic E-state index is 0.552. The third-order valence-corrected chi connectivity index (χ3v) is 2.50. The van der Waals surface area contributed by atoms with Crippen LogP contribution in [0.15, 0.2) is 43.1 Å². The van der Waals surface area contributed by atoms with E-state index in [9.17, 15) is 4.79 Å². The highest BCUT2D eigenvalue weighted by molar-refractivity contribution is 5.76. The quantitative estimate of drug-likeness (QED) is 0.621. The van der Waals surface area contributed by atoms with E-state index in [4.69, 9.17) is 0 Å². The van der Waals surface area contributed by atoms with E-state index in [0.717, 1.165) is 17.3 Å². The van der Waals surface area contributed by atoms with Gasteiger partial charge >= 0.3 is 0 Å². The average molecular weight is 224 g/mol. The number of carbonyl (C=O) groups is 1. The molecule has 0 aliphatic rings. The molecule has 0 spiro atoms. The first-order valence-corrected chi connectivity index (χ1v) is 5.07. The molecule has 5 heteroatoms. The molecule has 0 aliphatic heterocycles. The molecule has 3 aromatic heterocycles. The Morgan fingerprint density at radius 2 is 2.06 bits per heavy atom. The Morgan fingerprint density at radius 3 is 2.82 bits per heavy atom. The normalized spacial score (nSPS) is 10.6. The van der Waals surface area contributed by atoms with E-state index >= 15 is 0 Å². The fourth-order valence-electron chi connectivity index (χ4n) is 1.65. The predicted octanol–water partition coefficient (Wildman–Crippen LogP) is 1.63. The summed E-state index contributed by atoms with van der Waals surface area (Å²) in [6.07, 6.45) is 7.42. The molecule has 3 heterocycles. The van der Waals surface area contributed by atoms with Gasteiger partial charge in [-0.2, -0.15) is 0 Å². The van der Waals surface area contributed by atoms with Gasteiger partial charge in [-0.25, -0.2) is 9.97 Å². The zero-order chi connectivity index (χ0) is 11.7. The highest BCUT2D eigenvalue weighted by atomic mass is 16.1. The second-order valence-corrected chi connectivity index (χ2v) is 3.55. The summed E-state index contributed by atoms with van der Waals surface area (Å²) in [5.41, 5.74) is 2.30. The first-order chi connectivity index (χ1) is 8.38. The van der Waals surface area contributed by atoms with E-state index in [-0.39, 0.29) is 0 Å². The minimum absolute atomic E-state index is 0.552. The van der Waals surface area contributed by atoms with E-state index in [2.05, 4.69) is 15.0 Å². The van der Waals surface area contributed by atoms with E-state index in [1.807, 2.05) is 10.6 Å². The lowest BCUT2D eigenvalue weighted by atomic mass is 10.3. The Morgan fingerprint density at radius 1 is 1.12 bits per heavy atom. The molecule has 0 saturated heterocycles. The molecule has 82 valence electrons. The lowest BCUT2D eigenvalue weighted by Crippen LogP contribution is -1.96. The van der Waals surface area contributed by atoms with Crippen LogP contribution in [0.25, 0.3) is 16.9 Å². The second kappa shape index (κ2) is 3.79. The van der Waals surface area contributed by atoms with E-state index < -0.39 is 0 Å². The summed E-state index contributed by atoms with van der Waals surface area (Å²) in [6, 6.07) is 5.33. The highest BCUT2D eigenvalue weighted by Gasteiger charge is 2.04. The zero-order valence-corrected chi connectivity index (χ0v) is 8.82. The van der Waals surface area contributed by atoms with Gasteiger partial charge in [0, 0.05) is 18.0 Å². The number of rotatable bonds is 2. The largest absolute Gasteiger partial charge is 0.298 e. The van der Waals surface area contributed by atoms with Gasteiger partial charge in [-0.3, -0.25) is 14.3 Å². The van der Waals surface area contributed by atoms with Gasteiger partial charge in [-0.05, 0) is 18.2 Å². The van der Waals surface area contributed by atoms with Crippen molar-refractivity contribution in [2.24, 2.45) is 0 Å². The van der Waals surface area contributed by atoms with Gasteiger partial charge in [0.25, 0.3) is 0 Å². The SMILES string of the molecule is O=Cc1ccc(-n2cnc3ccncc32)nc1. The molecule has 0 radical (unpaired) electrons. The van der Waals surface area contributed by atoms with Gasteiger partial charge < -0.3 is 0 Å². The molecule has 3 rings (SSSR count). The summed E-state index contributed by atoms with van der Waals surface area (Å²) in [6.45, 7) is 0. The van der Waals surface area contributed by atoms with Crippen LogP contribution in [-0.2, 0) is 0 Å². The van der Waals surface area contributed by atoms with Gasteiger partial charge in [-0.15, -0.1) is 0 Å². The number of fused-ring (bicyclic) bond motifs is 1. The zero-order valence-electron chi connectivity index (χ0n) is 8.82. The summed E-state index contributed by atoms with van der Waals surface area (Å²) in [7, 11) is 0. The van der Waals surface area contributed by atoms with Crippen LogP contribution >= 0.6 is 0 Å². The van der Waals surface area contributed by atoms with Crippen LogP contribution in [0.3, 0.4) is 0 Å². The van der Waals surface area contributed by atoms with Crippen molar-refractivity contribution in [3.8, 4) is 5.82 Å². The van der Waals surface area contributed by atoms with Gasteiger partial charge in [0.1, 0.15) is 12.1 Å². The van der Waals surface area contributed by atoms with Gasteiger partial charge in [0.15, 0.2) is 6.29 Å². The van der Waals surface area contributed by atoms with E-state index in [1.165, 1.54) is 6.20 Å². The van der Waals surface area contributed by atoms with Crippen molar-refractivity contribution < 1.29 is 4.79 Å². The molecule has 3 aromatic rings. The third-order valence-electron chi connectivity index (χ3n) is 2.50. The number of hydrogen-bond donors (Lipinski definition) is 0. The topological polar surface area (TPSA) is 60.7 Å². The fraction of sp³-hybridized carbons (Fsp3) is 0. The Balaban J connectivity index is 2.16. The van der Waals surface area contributed by atoms with Crippen LogP contribution in [0, 0.1) is 0 Å². The van der Waals surface area contributed by atoms with Crippen molar-refractivity contribution in [1.29, 1.82) is 0 Å². The summed E-state index contributed by atoms with van der Waals surface area (Å²) in [5, 5.41) is 0. The molecule has 0 amide bonds. The maximum atomic E-state index is 10.5. The van der Waals surface area contributed by atoms with E-state index in [1.54, 1.807) is 30.9 Å². The maximum absolute atomic E-state index is 10.5. The van der Waals surface area contributed by atoms with Crippen molar-refractivity contribution >= 4 is 17.3 Å². The first kappa shape index (κ1) is 9.65. The number of aromatic nitrogens is 4. The molecule has 0 aliphatic carbocycles. The molecular formula is C12H8N4O. The molecule has 0 N–H and O–H groups in total. The van der Waals surface area contributed by atoms with Crippen LogP contribution in [0.2, 0.25) is 0 Å². The summed E-state index contributed by atoms with van der Waals surface area (Å²) in [4.78, 5) is 23.1. The van der Waals surface area contributed by atoms with Gasteiger partial charge in [0.05, 0.1) is 17.2 Å². The van der Waals surface area contributed by atoms with Crippen molar-refractivity contribution in [2.45, 2.75) is 0 Å². The fourth-order valence-corrected chi connectivity index (χ4v) is 1.65. The van der Waals surface area contributed by atoms with Crippen LogP contribution in [0.5, 0.6) is 0 Å². The molecule has 5 nitrogen and oxygen atoms in total. The standard InChI is InChI=1S/C12H8N4O/c17-7-9-1-2-12(14-5-9)16-8-15-10-3-4-13-6-11(10)16/h1-8H. The molecule has 0 unspecified atom stereocenters. The number of aldehydes is 1. The Bertz CT molecular complexity index is 672. The van der Waals surface area contributed by atoms with Crippen molar-refractivity contribution in [1.82, 2.24) is 19.5 Å². The highest BCUT2D eigenvalue weighted by Crippen LogP contribution is 2.14.